The third-order valence-electron chi connectivity index (χ3n) is 10.0. The Balaban J connectivity index is 1.18. The lowest BCUT2D eigenvalue weighted by molar-refractivity contribution is 0.669. The Bertz CT molecular complexity index is 3170. The van der Waals surface area contributed by atoms with Gasteiger partial charge in [-0.1, -0.05) is 109 Å². The van der Waals surface area contributed by atoms with E-state index in [0.717, 1.165) is 60.6 Å². The Hall–Kier alpha value is -6.36. The van der Waals surface area contributed by atoms with Crippen LogP contribution in [0, 0.1) is 0 Å². The molecule has 11 rings (SSSR count). The molecule has 0 fully saturated rings. The van der Waals surface area contributed by atoms with Crippen LogP contribution in [0.15, 0.2) is 162 Å². The SMILES string of the molecule is c1cc(-c2ccc3sc4ccccc4c3c2)cc(-c2nc(-c3ccc4ccccc4c3)c3ccc4oc5ccc6ccccc6c5c4c3n2)c1. The zero-order valence-corrected chi connectivity index (χ0v) is 27.5. The van der Waals surface area contributed by atoms with Crippen LogP contribution >= 0.6 is 11.3 Å². The monoisotopic (exact) mass is 654 g/mol. The first-order valence-corrected chi connectivity index (χ1v) is 17.6. The molecular formula is C46H26N2OS. The first-order chi connectivity index (χ1) is 24.7. The van der Waals surface area contributed by atoms with Crippen molar-refractivity contribution in [3.05, 3.63) is 158 Å². The number of fused-ring (bicyclic) bond motifs is 11. The van der Waals surface area contributed by atoms with E-state index in [9.17, 15) is 0 Å². The van der Waals surface area contributed by atoms with Gasteiger partial charge in [0.1, 0.15) is 11.2 Å². The van der Waals surface area contributed by atoms with Gasteiger partial charge in [0.05, 0.1) is 16.6 Å². The molecule has 0 aliphatic heterocycles. The molecule has 8 aromatic carbocycles. The van der Waals surface area contributed by atoms with Crippen molar-refractivity contribution in [2.45, 2.75) is 0 Å². The zero-order valence-electron chi connectivity index (χ0n) is 26.7. The number of nitrogens with zero attached hydrogens (tertiary/aromatic N) is 2. The van der Waals surface area contributed by atoms with E-state index in [1.807, 2.05) is 11.3 Å². The van der Waals surface area contributed by atoms with Gasteiger partial charge in [-0.15, -0.1) is 11.3 Å². The summed E-state index contributed by atoms with van der Waals surface area (Å²) in [6.45, 7) is 0. The normalized spacial score (nSPS) is 12.0. The molecule has 3 nitrogen and oxygen atoms in total. The summed E-state index contributed by atoms with van der Waals surface area (Å²) in [5.41, 5.74) is 7.81. The van der Waals surface area contributed by atoms with Crippen LogP contribution in [0.5, 0.6) is 0 Å². The molecule has 232 valence electrons. The molecule has 0 unspecified atom stereocenters. The Morgan fingerprint density at radius 3 is 2.04 bits per heavy atom. The molecule has 0 aliphatic rings. The van der Waals surface area contributed by atoms with Crippen LogP contribution in [0.3, 0.4) is 0 Å². The van der Waals surface area contributed by atoms with Crippen LogP contribution in [0.2, 0.25) is 0 Å². The van der Waals surface area contributed by atoms with Crippen molar-refractivity contribution in [1.82, 2.24) is 9.97 Å². The first-order valence-electron chi connectivity index (χ1n) is 16.8. The fraction of sp³-hybridized carbons (Fsp3) is 0. The second-order valence-corrected chi connectivity index (χ2v) is 14.0. The molecule has 0 saturated heterocycles. The Morgan fingerprint density at radius 1 is 0.400 bits per heavy atom. The summed E-state index contributed by atoms with van der Waals surface area (Å²) in [6.07, 6.45) is 0. The lowest BCUT2D eigenvalue weighted by Crippen LogP contribution is -1.96. The van der Waals surface area contributed by atoms with Gasteiger partial charge in [0.15, 0.2) is 5.82 Å². The van der Waals surface area contributed by atoms with Crippen molar-refractivity contribution in [3.63, 3.8) is 0 Å². The van der Waals surface area contributed by atoms with Crippen LogP contribution in [-0.2, 0) is 0 Å². The molecule has 3 aromatic heterocycles. The second kappa shape index (κ2) is 10.6. The molecule has 0 aliphatic carbocycles. The molecule has 3 heterocycles. The fourth-order valence-electron chi connectivity index (χ4n) is 7.65. The second-order valence-electron chi connectivity index (χ2n) is 12.9. The number of hydrogen-bond donors (Lipinski definition) is 0. The molecule has 0 radical (unpaired) electrons. The van der Waals surface area contributed by atoms with E-state index in [1.54, 1.807) is 0 Å². The van der Waals surface area contributed by atoms with Crippen molar-refractivity contribution < 1.29 is 4.42 Å². The molecule has 4 heteroatoms. The summed E-state index contributed by atoms with van der Waals surface area (Å²) in [4.78, 5) is 10.8. The number of hydrogen-bond acceptors (Lipinski definition) is 4. The summed E-state index contributed by atoms with van der Waals surface area (Å²) in [6, 6.07) is 56.1. The Labute approximate surface area is 290 Å². The highest BCUT2D eigenvalue weighted by atomic mass is 32.1. The predicted molar refractivity (Wildman–Crippen MR) is 211 cm³/mol. The highest BCUT2D eigenvalue weighted by molar-refractivity contribution is 7.25. The number of benzene rings is 8. The van der Waals surface area contributed by atoms with E-state index in [-0.39, 0.29) is 0 Å². The summed E-state index contributed by atoms with van der Waals surface area (Å²) >= 11 is 1.84. The van der Waals surface area contributed by atoms with Crippen LogP contribution in [0.4, 0.5) is 0 Å². The van der Waals surface area contributed by atoms with Gasteiger partial charge in [0.25, 0.3) is 0 Å². The third kappa shape index (κ3) is 4.16. The maximum atomic E-state index is 6.49. The van der Waals surface area contributed by atoms with E-state index >= 15 is 0 Å². The fourth-order valence-corrected chi connectivity index (χ4v) is 8.73. The average Bonchev–Trinajstić information content (AvgIpc) is 3.76. The van der Waals surface area contributed by atoms with Crippen LogP contribution in [0.25, 0.3) is 108 Å². The molecule has 50 heavy (non-hydrogen) atoms. The van der Waals surface area contributed by atoms with Crippen molar-refractivity contribution in [2.24, 2.45) is 0 Å². The summed E-state index contributed by atoms with van der Waals surface area (Å²) in [5.74, 6) is 0.687. The lowest BCUT2D eigenvalue weighted by Gasteiger charge is -2.12. The highest BCUT2D eigenvalue weighted by Gasteiger charge is 2.20. The van der Waals surface area contributed by atoms with Gasteiger partial charge >= 0.3 is 0 Å². The first kappa shape index (κ1) is 27.6. The maximum Gasteiger partial charge on any atom is 0.160 e. The number of rotatable bonds is 3. The molecule has 0 N–H and O–H groups in total. The standard InChI is InChI=1S/C46H26N2OS/c1-2-10-29-24-32(17-16-27(29)8-1)44-36-20-22-39-43(42-34-13-4-3-9-28(34)18-21-38(42)49-39)45(36)48-46(47-44)33-12-7-11-30(25-33)31-19-23-41-37(26-31)35-14-5-6-15-40(35)50-41/h1-26H. The maximum absolute atomic E-state index is 6.49. The quantitative estimate of drug-likeness (QED) is 0.190. The lowest BCUT2D eigenvalue weighted by atomic mass is 9.98. The zero-order chi connectivity index (χ0) is 32.8. The van der Waals surface area contributed by atoms with Gasteiger partial charge in [0, 0.05) is 42.1 Å². The van der Waals surface area contributed by atoms with Crippen LogP contribution in [0.1, 0.15) is 0 Å². The van der Waals surface area contributed by atoms with Gasteiger partial charge in [-0.25, -0.2) is 9.97 Å². The number of aromatic nitrogens is 2. The van der Waals surface area contributed by atoms with E-state index in [2.05, 4.69) is 158 Å². The summed E-state index contributed by atoms with van der Waals surface area (Å²) in [7, 11) is 0. The van der Waals surface area contributed by atoms with Gasteiger partial charge in [-0.3, -0.25) is 0 Å². The van der Waals surface area contributed by atoms with Crippen LogP contribution < -0.4 is 0 Å². The third-order valence-corrected chi connectivity index (χ3v) is 11.2. The number of thiophene rings is 1. The average molecular weight is 655 g/mol. The van der Waals surface area contributed by atoms with E-state index < -0.39 is 0 Å². The van der Waals surface area contributed by atoms with E-state index in [1.165, 1.54) is 41.9 Å². The molecule has 11 aromatic rings. The van der Waals surface area contributed by atoms with Crippen molar-refractivity contribution >= 4 is 85.9 Å². The van der Waals surface area contributed by atoms with Gasteiger partial charge in [-0.2, -0.15) is 0 Å². The smallest absolute Gasteiger partial charge is 0.160 e. The minimum atomic E-state index is 0.687. The summed E-state index contributed by atoms with van der Waals surface area (Å²) in [5, 5.41) is 10.4. The Morgan fingerprint density at radius 2 is 1.10 bits per heavy atom. The summed E-state index contributed by atoms with van der Waals surface area (Å²) < 4.78 is 9.10. The van der Waals surface area contributed by atoms with Gasteiger partial charge in [-0.05, 0) is 81.2 Å². The highest BCUT2D eigenvalue weighted by Crippen LogP contribution is 2.42. The molecule has 0 bridgehead atoms. The van der Waals surface area contributed by atoms with E-state index in [4.69, 9.17) is 14.4 Å². The minimum Gasteiger partial charge on any atom is -0.456 e. The van der Waals surface area contributed by atoms with Crippen molar-refractivity contribution in [1.29, 1.82) is 0 Å². The van der Waals surface area contributed by atoms with Crippen molar-refractivity contribution in [2.75, 3.05) is 0 Å². The topological polar surface area (TPSA) is 38.9 Å². The Kier molecular flexibility index (Phi) is 5.83. The van der Waals surface area contributed by atoms with Gasteiger partial charge < -0.3 is 4.42 Å². The van der Waals surface area contributed by atoms with Crippen molar-refractivity contribution in [3.8, 4) is 33.8 Å². The largest absolute Gasteiger partial charge is 0.456 e. The molecule has 0 atom stereocenters. The molecule has 0 amide bonds. The minimum absolute atomic E-state index is 0.687. The molecule has 0 spiro atoms. The van der Waals surface area contributed by atoms with E-state index in [0.29, 0.717) is 5.82 Å². The molecular weight excluding hydrogens is 629 g/mol. The van der Waals surface area contributed by atoms with Crippen LogP contribution in [-0.4, -0.2) is 9.97 Å². The molecule has 0 saturated carbocycles. The predicted octanol–water partition coefficient (Wildman–Crippen LogP) is 13.2. The number of furan rings is 1. The van der Waals surface area contributed by atoms with Gasteiger partial charge in [0.2, 0.25) is 0 Å².